The minimum Gasteiger partial charge on any atom is -0.341 e. The molecule has 1 saturated carbocycles. The SMILES string of the molecule is C1CCCC2(CC2)[NH2+]CC1. The molecule has 0 atom stereocenters. The monoisotopic (exact) mass is 140 g/mol. The summed E-state index contributed by atoms with van der Waals surface area (Å²) in [4.78, 5) is 0. The fraction of sp³-hybridized carbons (Fsp3) is 1.00. The van der Waals surface area contributed by atoms with Gasteiger partial charge in [-0.05, 0) is 19.3 Å². The Morgan fingerprint density at radius 2 is 1.60 bits per heavy atom. The van der Waals surface area contributed by atoms with E-state index in [1.807, 2.05) is 0 Å². The van der Waals surface area contributed by atoms with Crippen LogP contribution in [0.15, 0.2) is 0 Å². The molecule has 2 fully saturated rings. The summed E-state index contributed by atoms with van der Waals surface area (Å²) in [6, 6.07) is 0. The van der Waals surface area contributed by atoms with Crippen LogP contribution in [-0.2, 0) is 0 Å². The van der Waals surface area contributed by atoms with Crippen molar-refractivity contribution in [3.63, 3.8) is 0 Å². The zero-order chi connectivity index (χ0) is 6.86. The highest BCUT2D eigenvalue weighted by atomic mass is 15.0. The molecular formula is C9H18N+. The summed E-state index contributed by atoms with van der Waals surface area (Å²) in [5, 5.41) is 2.62. The van der Waals surface area contributed by atoms with Gasteiger partial charge in [0.05, 0.1) is 12.1 Å². The van der Waals surface area contributed by atoms with Gasteiger partial charge in [-0.2, -0.15) is 0 Å². The van der Waals surface area contributed by atoms with Gasteiger partial charge in [-0.1, -0.05) is 6.42 Å². The maximum absolute atomic E-state index is 2.62. The molecule has 0 unspecified atom stereocenters. The van der Waals surface area contributed by atoms with Gasteiger partial charge >= 0.3 is 0 Å². The van der Waals surface area contributed by atoms with Crippen LogP contribution in [0.3, 0.4) is 0 Å². The molecule has 0 radical (unpaired) electrons. The van der Waals surface area contributed by atoms with E-state index in [2.05, 4.69) is 5.32 Å². The lowest BCUT2D eigenvalue weighted by Gasteiger charge is -2.16. The fourth-order valence-electron chi connectivity index (χ4n) is 2.10. The number of quaternary nitrogens is 1. The molecular weight excluding hydrogens is 122 g/mol. The Bertz CT molecular complexity index is 106. The third-order valence-electron chi connectivity index (χ3n) is 3.10. The molecule has 1 saturated heterocycles. The third kappa shape index (κ3) is 1.34. The number of hydrogen-bond acceptors (Lipinski definition) is 0. The van der Waals surface area contributed by atoms with Gasteiger partial charge in [0, 0.05) is 19.3 Å². The van der Waals surface area contributed by atoms with E-state index in [0.29, 0.717) is 0 Å². The summed E-state index contributed by atoms with van der Waals surface area (Å²) in [7, 11) is 0. The molecule has 2 N–H and O–H groups in total. The second-order valence-electron chi connectivity index (χ2n) is 4.02. The highest BCUT2D eigenvalue weighted by Gasteiger charge is 2.45. The molecule has 1 heterocycles. The molecule has 10 heavy (non-hydrogen) atoms. The van der Waals surface area contributed by atoms with E-state index in [9.17, 15) is 0 Å². The molecule has 1 spiro atoms. The molecule has 1 heteroatoms. The van der Waals surface area contributed by atoms with Crippen LogP contribution in [0.25, 0.3) is 0 Å². The van der Waals surface area contributed by atoms with Gasteiger partial charge in [-0.15, -0.1) is 0 Å². The second kappa shape index (κ2) is 2.54. The first kappa shape index (κ1) is 6.66. The molecule has 1 nitrogen and oxygen atoms in total. The van der Waals surface area contributed by atoms with Crippen molar-refractivity contribution in [3.8, 4) is 0 Å². The van der Waals surface area contributed by atoms with Crippen LogP contribution in [-0.4, -0.2) is 12.1 Å². The Hall–Kier alpha value is -0.0400. The maximum atomic E-state index is 2.62. The van der Waals surface area contributed by atoms with Crippen molar-refractivity contribution in [2.75, 3.05) is 6.54 Å². The van der Waals surface area contributed by atoms with Gasteiger partial charge < -0.3 is 5.32 Å². The molecule has 0 aromatic carbocycles. The predicted octanol–water partition coefficient (Wildman–Crippen LogP) is 1.05. The maximum Gasteiger partial charge on any atom is 0.0966 e. The molecule has 1 aliphatic heterocycles. The smallest absolute Gasteiger partial charge is 0.0966 e. The highest BCUT2D eigenvalue weighted by molar-refractivity contribution is 4.92. The quantitative estimate of drug-likeness (QED) is 0.518. The van der Waals surface area contributed by atoms with E-state index in [-0.39, 0.29) is 0 Å². The topological polar surface area (TPSA) is 16.6 Å². The lowest BCUT2D eigenvalue weighted by Crippen LogP contribution is -2.92. The van der Waals surface area contributed by atoms with Crippen LogP contribution < -0.4 is 5.32 Å². The molecule has 0 aromatic heterocycles. The normalized spacial score (nSPS) is 31.2. The van der Waals surface area contributed by atoms with E-state index < -0.39 is 0 Å². The lowest BCUT2D eigenvalue weighted by molar-refractivity contribution is -0.705. The molecule has 2 rings (SSSR count). The van der Waals surface area contributed by atoms with Crippen molar-refractivity contribution in [2.45, 2.75) is 50.5 Å². The van der Waals surface area contributed by atoms with Gasteiger partial charge in [0.25, 0.3) is 0 Å². The summed E-state index contributed by atoms with van der Waals surface area (Å²) in [5.74, 6) is 0. The van der Waals surface area contributed by atoms with Crippen LogP contribution in [0, 0.1) is 0 Å². The molecule has 0 amide bonds. The summed E-state index contributed by atoms with van der Waals surface area (Å²) in [6.45, 7) is 1.40. The van der Waals surface area contributed by atoms with Crippen LogP contribution in [0.1, 0.15) is 44.9 Å². The molecule has 0 bridgehead atoms. The van der Waals surface area contributed by atoms with Crippen molar-refractivity contribution < 1.29 is 5.32 Å². The molecule has 2 aliphatic rings. The Balaban J connectivity index is 1.84. The second-order valence-corrected chi connectivity index (χ2v) is 4.02. The van der Waals surface area contributed by atoms with E-state index >= 15 is 0 Å². The predicted molar refractivity (Wildman–Crippen MR) is 41.8 cm³/mol. The Morgan fingerprint density at radius 1 is 0.800 bits per heavy atom. The van der Waals surface area contributed by atoms with Crippen molar-refractivity contribution in [1.29, 1.82) is 0 Å². The van der Waals surface area contributed by atoms with Crippen LogP contribution >= 0.6 is 0 Å². The Labute approximate surface area is 63.2 Å². The van der Waals surface area contributed by atoms with E-state index in [1.54, 1.807) is 0 Å². The van der Waals surface area contributed by atoms with Gasteiger partial charge in [0.1, 0.15) is 0 Å². The summed E-state index contributed by atoms with van der Waals surface area (Å²) in [6.07, 6.45) is 10.5. The van der Waals surface area contributed by atoms with Gasteiger partial charge in [0.15, 0.2) is 0 Å². The number of hydrogen-bond donors (Lipinski definition) is 1. The standard InChI is InChI=1S/C9H17N/c1-2-4-8-10-9(5-3-1)6-7-9/h10H,1-8H2/p+1. The average Bonchev–Trinajstić information content (AvgIpc) is 2.61. The lowest BCUT2D eigenvalue weighted by atomic mass is 10.0. The first-order chi connectivity index (χ1) is 4.91. The van der Waals surface area contributed by atoms with Crippen LogP contribution in [0.2, 0.25) is 0 Å². The molecule has 0 aromatic rings. The van der Waals surface area contributed by atoms with E-state index in [4.69, 9.17) is 0 Å². The van der Waals surface area contributed by atoms with Crippen molar-refractivity contribution in [3.05, 3.63) is 0 Å². The van der Waals surface area contributed by atoms with Crippen LogP contribution in [0.5, 0.6) is 0 Å². The summed E-state index contributed by atoms with van der Waals surface area (Å²) < 4.78 is 0. The van der Waals surface area contributed by atoms with E-state index in [1.165, 1.54) is 51.5 Å². The van der Waals surface area contributed by atoms with Crippen molar-refractivity contribution >= 4 is 0 Å². The number of rotatable bonds is 0. The first-order valence-corrected chi connectivity index (χ1v) is 4.76. The minimum atomic E-state index is 0.778. The Kier molecular flexibility index (Phi) is 1.69. The zero-order valence-electron chi connectivity index (χ0n) is 6.73. The molecule has 1 aliphatic carbocycles. The van der Waals surface area contributed by atoms with Crippen molar-refractivity contribution in [2.24, 2.45) is 0 Å². The largest absolute Gasteiger partial charge is 0.341 e. The summed E-state index contributed by atoms with van der Waals surface area (Å²) in [5.41, 5.74) is 0.778. The fourth-order valence-corrected chi connectivity index (χ4v) is 2.10. The number of nitrogens with two attached hydrogens (primary N) is 1. The first-order valence-electron chi connectivity index (χ1n) is 4.76. The van der Waals surface area contributed by atoms with Gasteiger partial charge in [-0.3, -0.25) is 0 Å². The highest BCUT2D eigenvalue weighted by Crippen LogP contribution is 2.36. The average molecular weight is 140 g/mol. The van der Waals surface area contributed by atoms with Crippen LogP contribution in [0.4, 0.5) is 0 Å². The zero-order valence-corrected chi connectivity index (χ0v) is 6.73. The van der Waals surface area contributed by atoms with Crippen molar-refractivity contribution in [1.82, 2.24) is 0 Å². The Morgan fingerprint density at radius 3 is 2.40 bits per heavy atom. The molecule has 58 valence electrons. The van der Waals surface area contributed by atoms with Gasteiger partial charge in [0.2, 0.25) is 0 Å². The third-order valence-corrected chi connectivity index (χ3v) is 3.10. The van der Waals surface area contributed by atoms with E-state index in [0.717, 1.165) is 5.54 Å². The minimum absolute atomic E-state index is 0.778. The van der Waals surface area contributed by atoms with Gasteiger partial charge in [-0.25, -0.2) is 0 Å². The summed E-state index contributed by atoms with van der Waals surface area (Å²) >= 11 is 0.